The molecule has 1 aromatic rings. The summed E-state index contributed by atoms with van der Waals surface area (Å²) in [5, 5.41) is 11.4. The molecule has 0 aliphatic carbocycles. The first-order chi connectivity index (χ1) is 7.69. The van der Waals surface area contributed by atoms with Gasteiger partial charge in [-0.25, -0.2) is 0 Å². The Kier molecular flexibility index (Phi) is 4.44. The van der Waals surface area contributed by atoms with E-state index in [-0.39, 0.29) is 5.84 Å². The number of hydrogen-bond acceptors (Lipinski definition) is 4. The molecular weight excluding hydrogens is 206 g/mol. The van der Waals surface area contributed by atoms with E-state index in [0.717, 1.165) is 11.4 Å². The van der Waals surface area contributed by atoms with E-state index in [0.29, 0.717) is 13.0 Å². The van der Waals surface area contributed by atoms with Crippen molar-refractivity contribution < 1.29 is 9.94 Å². The number of rotatable bonds is 5. The molecule has 0 aromatic heterocycles. The number of nitrogens with two attached hydrogens (primary N) is 1. The predicted molar refractivity (Wildman–Crippen MR) is 64.3 cm³/mol. The van der Waals surface area contributed by atoms with Gasteiger partial charge in [0.15, 0.2) is 0 Å². The van der Waals surface area contributed by atoms with Gasteiger partial charge in [-0.2, -0.15) is 0 Å². The van der Waals surface area contributed by atoms with Crippen LogP contribution in [0.2, 0.25) is 0 Å². The summed E-state index contributed by atoms with van der Waals surface area (Å²) in [4.78, 5) is 2.00. The highest BCUT2D eigenvalue weighted by molar-refractivity contribution is 5.80. The van der Waals surface area contributed by atoms with Crippen molar-refractivity contribution in [3.8, 4) is 5.75 Å². The molecule has 0 radical (unpaired) electrons. The van der Waals surface area contributed by atoms with E-state index in [1.54, 1.807) is 7.11 Å². The maximum absolute atomic E-state index is 8.44. The Morgan fingerprint density at radius 3 is 2.81 bits per heavy atom. The van der Waals surface area contributed by atoms with Crippen molar-refractivity contribution in [2.24, 2.45) is 10.9 Å². The Bertz CT molecular complexity index is 366. The fraction of sp³-hybridized carbons (Fsp3) is 0.364. The number of para-hydroxylation sites is 2. The highest BCUT2D eigenvalue weighted by Gasteiger charge is 2.07. The second-order valence-corrected chi connectivity index (χ2v) is 3.43. The number of anilines is 1. The van der Waals surface area contributed by atoms with Gasteiger partial charge in [0.2, 0.25) is 0 Å². The van der Waals surface area contributed by atoms with E-state index in [2.05, 4.69) is 5.16 Å². The summed E-state index contributed by atoms with van der Waals surface area (Å²) in [5.41, 5.74) is 6.39. The third kappa shape index (κ3) is 3.05. The zero-order valence-electron chi connectivity index (χ0n) is 9.55. The van der Waals surface area contributed by atoms with Gasteiger partial charge in [-0.3, -0.25) is 0 Å². The quantitative estimate of drug-likeness (QED) is 0.341. The normalized spacial score (nSPS) is 11.2. The largest absolute Gasteiger partial charge is 0.495 e. The molecule has 88 valence electrons. The van der Waals surface area contributed by atoms with Crippen LogP contribution in [0.1, 0.15) is 6.42 Å². The third-order valence-electron chi connectivity index (χ3n) is 2.33. The lowest BCUT2D eigenvalue weighted by molar-refractivity contribution is 0.317. The molecule has 0 heterocycles. The highest BCUT2D eigenvalue weighted by atomic mass is 16.5. The summed E-state index contributed by atoms with van der Waals surface area (Å²) in [5.74, 6) is 1.03. The highest BCUT2D eigenvalue weighted by Crippen LogP contribution is 2.26. The number of methoxy groups -OCH3 is 1. The van der Waals surface area contributed by atoms with Gasteiger partial charge < -0.3 is 20.6 Å². The molecule has 0 spiro atoms. The molecule has 0 saturated carbocycles. The van der Waals surface area contributed by atoms with E-state index in [1.165, 1.54) is 0 Å². The molecule has 0 aliphatic heterocycles. The summed E-state index contributed by atoms with van der Waals surface area (Å²) < 4.78 is 5.25. The van der Waals surface area contributed by atoms with Crippen LogP contribution in [0.5, 0.6) is 5.75 Å². The first-order valence-electron chi connectivity index (χ1n) is 4.99. The molecule has 0 unspecified atom stereocenters. The van der Waals surface area contributed by atoms with Crippen LogP contribution in [-0.2, 0) is 0 Å². The van der Waals surface area contributed by atoms with Crippen LogP contribution in [0.15, 0.2) is 29.4 Å². The maximum atomic E-state index is 8.44. The lowest BCUT2D eigenvalue weighted by Gasteiger charge is -2.21. The lowest BCUT2D eigenvalue weighted by atomic mass is 10.2. The number of nitrogens with zero attached hydrogens (tertiary/aromatic N) is 2. The zero-order valence-corrected chi connectivity index (χ0v) is 9.55. The van der Waals surface area contributed by atoms with Gasteiger partial charge in [0.25, 0.3) is 0 Å². The Balaban J connectivity index is 2.68. The van der Waals surface area contributed by atoms with Crippen LogP contribution in [-0.4, -0.2) is 31.7 Å². The maximum Gasteiger partial charge on any atom is 0.142 e. The predicted octanol–water partition coefficient (Wildman–Crippen LogP) is 1.27. The van der Waals surface area contributed by atoms with Crippen molar-refractivity contribution in [3.05, 3.63) is 24.3 Å². The van der Waals surface area contributed by atoms with E-state index in [1.807, 2.05) is 36.2 Å². The van der Waals surface area contributed by atoms with Gasteiger partial charge in [-0.15, -0.1) is 0 Å². The molecule has 1 aromatic carbocycles. The van der Waals surface area contributed by atoms with Crippen LogP contribution in [0.3, 0.4) is 0 Å². The fourth-order valence-corrected chi connectivity index (χ4v) is 1.40. The summed E-state index contributed by atoms with van der Waals surface area (Å²) in [6, 6.07) is 7.72. The van der Waals surface area contributed by atoms with E-state index >= 15 is 0 Å². The minimum atomic E-state index is 0.224. The summed E-state index contributed by atoms with van der Waals surface area (Å²) in [6.45, 7) is 0.663. The van der Waals surface area contributed by atoms with Crippen LogP contribution in [0.25, 0.3) is 0 Å². The molecule has 3 N–H and O–H groups in total. The number of oxime groups is 1. The van der Waals surface area contributed by atoms with Gasteiger partial charge in [0.1, 0.15) is 11.6 Å². The molecule has 1 rings (SSSR count). The Hall–Kier alpha value is -1.91. The van der Waals surface area contributed by atoms with Gasteiger partial charge in [-0.1, -0.05) is 17.3 Å². The number of benzene rings is 1. The van der Waals surface area contributed by atoms with Crippen LogP contribution >= 0.6 is 0 Å². The SMILES string of the molecule is COc1ccccc1N(C)CCC(N)=NO. The average molecular weight is 223 g/mol. The van der Waals surface area contributed by atoms with Crippen molar-refractivity contribution in [2.45, 2.75) is 6.42 Å². The molecule has 5 nitrogen and oxygen atoms in total. The zero-order chi connectivity index (χ0) is 12.0. The topological polar surface area (TPSA) is 71.1 Å². The summed E-state index contributed by atoms with van der Waals surface area (Å²) >= 11 is 0. The number of hydrogen-bond donors (Lipinski definition) is 2. The summed E-state index contributed by atoms with van der Waals surface area (Å²) in [6.07, 6.45) is 0.505. The Morgan fingerprint density at radius 2 is 2.19 bits per heavy atom. The first-order valence-corrected chi connectivity index (χ1v) is 4.99. The van der Waals surface area contributed by atoms with Crippen molar-refractivity contribution in [1.29, 1.82) is 0 Å². The third-order valence-corrected chi connectivity index (χ3v) is 2.33. The van der Waals surface area contributed by atoms with Crippen molar-refractivity contribution in [3.63, 3.8) is 0 Å². The molecule has 0 atom stereocenters. The number of ether oxygens (including phenoxy) is 1. The van der Waals surface area contributed by atoms with E-state index < -0.39 is 0 Å². The second kappa shape index (κ2) is 5.85. The van der Waals surface area contributed by atoms with Gasteiger partial charge in [0.05, 0.1) is 12.8 Å². The minimum absolute atomic E-state index is 0.224. The fourth-order valence-electron chi connectivity index (χ4n) is 1.40. The smallest absolute Gasteiger partial charge is 0.142 e. The average Bonchev–Trinajstić information content (AvgIpc) is 2.35. The van der Waals surface area contributed by atoms with E-state index in [9.17, 15) is 0 Å². The van der Waals surface area contributed by atoms with Crippen molar-refractivity contribution in [2.75, 3.05) is 25.6 Å². The Morgan fingerprint density at radius 1 is 1.50 bits per heavy atom. The molecule has 16 heavy (non-hydrogen) atoms. The van der Waals surface area contributed by atoms with Gasteiger partial charge in [-0.05, 0) is 12.1 Å². The minimum Gasteiger partial charge on any atom is -0.495 e. The molecule has 0 amide bonds. The number of amidine groups is 1. The van der Waals surface area contributed by atoms with Gasteiger partial charge >= 0.3 is 0 Å². The molecule has 0 saturated heterocycles. The van der Waals surface area contributed by atoms with Crippen LogP contribution < -0.4 is 15.4 Å². The van der Waals surface area contributed by atoms with Crippen molar-refractivity contribution >= 4 is 11.5 Å². The van der Waals surface area contributed by atoms with Crippen molar-refractivity contribution in [1.82, 2.24) is 0 Å². The molecular formula is C11H17N3O2. The molecule has 0 bridgehead atoms. The second-order valence-electron chi connectivity index (χ2n) is 3.43. The monoisotopic (exact) mass is 223 g/mol. The molecule has 5 heteroatoms. The van der Waals surface area contributed by atoms with E-state index in [4.69, 9.17) is 15.7 Å². The standard InChI is InChI=1S/C11H17N3O2/c1-14(8-7-11(12)13-15)9-5-3-4-6-10(9)16-2/h3-6,15H,7-8H2,1-2H3,(H2,12,13). The molecule has 0 aliphatic rings. The Labute approximate surface area is 95.1 Å². The van der Waals surface area contributed by atoms with Gasteiger partial charge in [0, 0.05) is 20.0 Å². The lowest BCUT2D eigenvalue weighted by Crippen LogP contribution is -2.24. The summed E-state index contributed by atoms with van der Waals surface area (Å²) in [7, 11) is 3.57. The molecule has 0 fully saturated rings. The van der Waals surface area contributed by atoms with Crippen LogP contribution in [0, 0.1) is 0 Å². The van der Waals surface area contributed by atoms with Crippen LogP contribution in [0.4, 0.5) is 5.69 Å². The first kappa shape index (κ1) is 12.2.